The zero-order valence-corrected chi connectivity index (χ0v) is 10.1. The van der Waals surface area contributed by atoms with Gasteiger partial charge in [0.05, 0.1) is 12.0 Å². The van der Waals surface area contributed by atoms with Crippen molar-refractivity contribution in [3.63, 3.8) is 0 Å². The van der Waals surface area contributed by atoms with Gasteiger partial charge in [0.25, 0.3) is 0 Å². The van der Waals surface area contributed by atoms with Gasteiger partial charge in [0.1, 0.15) is 0 Å². The number of halogens is 1. The van der Waals surface area contributed by atoms with Crippen LogP contribution in [0.1, 0.15) is 40.5 Å². The van der Waals surface area contributed by atoms with E-state index in [-0.39, 0.29) is 16.8 Å². The fourth-order valence-corrected chi connectivity index (χ4v) is 2.45. The van der Waals surface area contributed by atoms with E-state index in [4.69, 9.17) is 16.3 Å². The molecule has 2 nitrogen and oxygen atoms in total. The number of carbonyl (C=O) groups is 1. The predicted molar refractivity (Wildman–Crippen MR) is 57.4 cm³/mol. The summed E-state index contributed by atoms with van der Waals surface area (Å²) in [5, 5.41) is 0.0666. The molecule has 3 heteroatoms. The highest BCUT2D eigenvalue weighted by Crippen LogP contribution is 2.55. The average molecular weight is 219 g/mol. The summed E-state index contributed by atoms with van der Waals surface area (Å²) in [7, 11) is 0. The Morgan fingerprint density at radius 3 is 2.43 bits per heavy atom. The van der Waals surface area contributed by atoms with E-state index in [0.717, 1.165) is 12.8 Å². The van der Waals surface area contributed by atoms with Crippen LogP contribution in [0.4, 0.5) is 0 Å². The lowest BCUT2D eigenvalue weighted by molar-refractivity contribution is -0.159. The van der Waals surface area contributed by atoms with Crippen LogP contribution in [-0.4, -0.2) is 18.0 Å². The molecule has 1 fully saturated rings. The van der Waals surface area contributed by atoms with Gasteiger partial charge in [-0.1, -0.05) is 13.8 Å². The number of hydrogen-bond acceptors (Lipinski definition) is 2. The van der Waals surface area contributed by atoms with Gasteiger partial charge >= 0.3 is 5.97 Å². The molecule has 14 heavy (non-hydrogen) atoms. The molecule has 1 aliphatic carbocycles. The fraction of sp³-hybridized carbons (Fsp3) is 0.909. The zero-order valence-electron chi connectivity index (χ0n) is 9.39. The van der Waals surface area contributed by atoms with Gasteiger partial charge in [-0.15, -0.1) is 11.6 Å². The van der Waals surface area contributed by atoms with Crippen LogP contribution in [0.25, 0.3) is 0 Å². The maximum absolute atomic E-state index is 11.8. The zero-order chi connectivity index (χ0) is 11.0. The van der Waals surface area contributed by atoms with Gasteiger partial charge in [-0.05, 0) is 32.1 Å². The lowest BCUT2D eigenvalue weighted by atomic mass is 9.69. The highest BCUT2D eigenvalue weighted by molar-refractivity contribution is 6.21. The molecule has 0 spiro atoms. The second-order valence-electron chi connectivity index (χ2n) is 4.78. The molecule has 0 aliphatic heterocycles. The number of rotatable bonds is 2. The lowest BCUT2D eigenvalue weighted by Crippen LogP contribution is -2.42. The topological polar surface area (TPSA) is 26.3 Å². The molecule has 0 aromatic heterocycles. The second-order valence-corrected chi connectivity index (χ2v) is 5.31. The summed E-state index contributed by atoms with van der Waals surface area (Å²) in [5.41, 5.74) is -0.601. The number of hydrogen-bond donors (Lipinski definition) is 0. The molecule has 0 N–H and O–H groups in total. The van der Waals surface area contributed by atoms with Gasteiger partial charge in [0.15, 0.2) is 0 Å². The van der Waals surface area contributed by atoms with E-state index in [9.17, 15) is 4.79 Å². The van der Waals surface area contributed by atoms with Crippen LogP contribution in [0.2, 0.25) is 0 Å². The standard InChI is InChI=1S/C11H19ClO2/c1-5-14-9(13)11(4)7-6-8(12)10(11,2)3/h8H,5-7H2,1-4H3. The number of esters is 1. The van der Waals surface area contributed by atoms with Crippen molar-refractivity contribution >= 4 is 17.6 Å². The molecule has 2 unspecified atom stereocenters. The van der Waals surface area contributed by atoms with E-state index in [1.807, 2.05) is 13.8 Å². The van der Waals surface area contributed by atoms with Gasteiger partial charge in [-0.2, -0.15) is 0 Å². The Balaban J connectivity index is 2.89. The summed E-state index contributed by atoms with van der Waals surface area (Å²) >= 11 is 6.22. The molecule has 1 saturated carbocycles. The Morgan fingerprint density at radius 2 is 2.07 bits per heavy atom. The third-order valence-corrected chi connectivity index (χ3v) is 4.59. The summed E-state index contributed by atoms with van der Waals surface area (Å²) in [4.78, 5) is 11.8. The SMILES string of the molecule is CCOC(=O)C1(C)CCC(Cl)C1(C)C. The highest BCUT2D eigenvalue weighted by Gasteiger charge is 2.56. The van der Waals surface area contributed by atoms with E-state index in [0.29, 0.717) is 6.61 Å². The van der Waals surface area contributed by atoms with Crippen LogP contribution in [0, 0.1) is 10.8 Å². The molecule has 0 bridgehead atoms. The molecule has 0 saturated heterocycles. The van der Waals surface area contributed by atoms with Gasteiger partial charge in [0, 0.05) is 5.38 Å². The monoisotopic (exact) mass is 218 g/mol. The maximum atomic E-state index is 11.8. The first-order valence-electron chi connectivity index (χ1n) is 5.17. The normalized spacial score (nSPS) is 35.6. The molecular formula is C11H19ClO2. The molecule has 1 rings (SSSR count). The minimum atomic E-state index is -0.421. The van der Waals surface area contributed by atoms with E-state index in [1.54, 1.807) is 0 Å². The van der Waals surface area contributed by atoms with E-state index in [2.05, 4.69) is 13.8 Å². The van der Waals surface area contributed by atoms with Crippen LogP contribution in [0.5, 0.6) is 0 Å². The van der Waals surface area contributed by atoms with Crippen LogP contribution in [0.15, 0.2) is 0 Å². The van der Waals surface area contributed by atoms with Gasteiger partial charge in [-0.25, -0.2) is 0 Å². The predicted octanol–water partition coefficient (Wildman–Crippen LogP) is 2.98. The number of ether oxygens (including phenoxy) is 1. The van der Waals surface area contributed by atoms with Crippen molar-refractivity contribution < 1.29 is 9.53 Å². The first kappa shape index (κ1) is 11.8. The van der Waals surface area contributed by atoms with Crippen LogP contribution in [0.3, 0.4) is 0 Å². The van der Waals surface area contributed by atoms with E-state index in [1.165, 1.54) is 0 Å². The Bertz CT molecular complexity index is 237. The molecule has 2 atom stereocenters. The van der Waals surface area contributed by atoms with Crippen molar-refractivity contribution in [1.82, 2.24) is 0 Å². The number of carbonyl (C=O) groups excluding carboxylic acids is 1. The third-order valence-electron chi connectivity index (χ3n) is 3.83. The van der Waals surface area contributed by atoms with Crippen LogP contribution in [-0.2, 0) is 9.53 Å². The summed E-state index contributed by atoms with van der Waals surface area (Å²) in [6, 6.07) is 0. The largest absolute Gasteiger partial charge is 0.466 e. The Labute approximate surface area is 91.0 Å². The minimum absolute atomic E-state index is 0.0666. The van der Waals surface area contributed by atoms with Crippen LogP contribution >= 0.6 is 11.6 Å². The van der Waals surface area contributed by atoms with E-state index < -0.39 is 5.41 Å². The van der Waals surface area contributed by atoms with Crippen molar-refractivity contribution in [2.24, 2.45) is 10.8 Å². The van der Waals surface area contributed by atoms with Crippen molar-refractivity contribution in [2.45, 2.75) is 45.9 Å². The van der Waals surface area contributed by atoms with Gasteiger partial charge in [-0.3, -0.25) is 4.79 Å². The minimum Gasteiger partial charge on any atom is -0.466 e. The van der Waals surface area contributed by atoms with Crippen molar-refractivity contribution in [3.05, 3.63) is 0 Å². The van der Waals surface area contributed by atoms with Gasteiger partial charge in [0.2, 0.25) is 0 Å². The van der Waals surface area contributed by atoms with Crippen molar-refractivity contribution in [2.75, 3.05) is 6.61 Å². The highest BCUT2D eigenvalue weighted by atomic mass is 35.5. The molecule has 0 amide bonds. The fourth-order valence-electron chi connectivity index (χ4n) is 2.10. The smallest absolute Gasteiger partial charge is 0.312 e. The summed E-state index contributed by atoms with van der Waals surface area (Å²) < 4.78 is 5.12. The van der Waals surface area contributed by atoms with Crippen LogP contribution < -0.4 is 0 Å². The molecule has 0 aromatic rings. The molecule has 0 aromatic carbocycles. The first-order chi connectivity index (χ1) is 6.36. The first-order valence-corrected chi connectivity index (χ1v) is 5.61. The summed E-state index contributed by atoms with van der Waals surface area (Å²) in [5.74, 6) is -0.104. The summed E-state index contributed by atoms with van der Waals surface area (Å²) in [6.45, 7) is 8.34. The van der Waals surface area contributed by atoms with Gasteiger partial charge < -0.3 is 4.74 Å². The lowest BCUT2D eigenvalue weighted by Gasteiger charge is -2.37. The second kappa shape index (κ2) is 3.73. The quantitative estimate of drug-likeness (QED) is 0.526. The average Bonchev–Trinajstić information content (AvgIpc) is 2.31. The Hall–Kier alpha value is -0.240. The maximum Gasteiger partial charge on any atom is 0.312 e. The van der Waals surface area contributed by atoms with Crippen molar-refractivity contribution in [1.29, 1.82) is 0 Å². The molecule has 0 radical (unpaired) electrons. The molecule has 1 aliphatic rings. The molecule has 0 heterocycles. The van der Waals surface area contributed by atoms with Crippen molar-refractivity contribution in [3.8, 4) is 0 Å². The summed E-state index contributed by atoms with van der Waals surface area (Å²) in [6.07, 6.45) is 1.72. The Morgan fingerprint density at radius 1 is 1.50 bits per heavy atom. The third kappa shape index (κ3) is 1.54. The van der Waals surface area contributed by atoms with E-state index >= 15 is 0 Å². The Kier molecular flexibility index (Phi) is 3.15. The molecular weight excluding hydrogens is 200 g/mol. The molecule has 82 valence electrons. The number of alkyl halides is 1.